The Kier molecular flexibility index (Phi) is 7.06. The summed E-state index contributed by atoms with van der Waals surface area (Å²) in [4.78, 5) is 12.0. The number of aromatic nitrogens is 2. The van der Waals surface area contributed by atoms with Gasteiger partial charge in [0.1, 0.15) is 17.3 Å². The summed E-state index contributed by atoms with van der Waals surface area (Å²) in [5.74, 6) is -0.269. The molecule has 1 aromatic heterocycles. The number of ether oxygens (including phenoxy) is 1. The number of carbonyl (C=O) groups is 1. The van der Waals surface area contributed by atoms with E-state index in [4.69, 9.17) is 16.3 Å². The summed E-state index contributed by atoms with van der Waals surface area (Å²) >= 11 is 5.69. The Morgan fingerprint density at radius 3 is 2.92 bits per heavy atom. The minimum Gasteiger partial charge on any atom is -0.471 e. The second-order valence-corrected chi connectivity index (χ2v) is 5.81. The minimum absolute atomic E-state index is 0.00361. The Bertz CT molecular complexity index is 676. The van der Waals surface area contributed by atoms with E-state index in [-0.39, 0.29) is 17.7 Å². The van der Waals surface area contributed by atoms with E-state index in [0.717, 1.165) is 19.3 Å². The molecule has 1 heterocycles. The first-order valence-corrected chi connectivity index (χ1v) is 8.37. The van der Waals surface area contributed by atoms with Gasteiger partial charge >= 0.3 is 0 Å². The number of hydrogen-bond acceptors (Lipinski definition) is 3. The highest BCUT2D eigenvalue weighted by atomic mass is 35.5. The van der Waals surface area contributed by atoms with Gasteiger partial charge < -0.3 is 10.1 Å². The van der Waals surface area contributed by atoms with Crippen LogP contribution in [0.2, 0.25) is 5.02 Å². The number of unbranched alkanes of at least 4 members (excludes halogenated alkanes) is 3. The topological polar surface area (TPSA) is 56.2 Å². The van der Waals surface area contributed by atoms with Crippen LogP contribution in [0.3, 0.4) is 0 Å². The largest absolute Gasteiger partial charge is 0.471 e. The molecule has 0 aliphatic carbocycles. The molecule has 24 heavy (non-hydrogen) atoms. The van der Waals surface area contributed by atoms with Crippen molar-refractivity contribution in [2.24, 2.45) is 0 Å². The zero-order chi connectivity index (χ0) is 17.4. The molecule has 0 saturated heterocycles. The number of halogens is 2. The summed E-state index contributed by atoms with van der Waals surface area (Å²) in [5, 5.41) is 6.99. The van der Waals surface area contributed by atoms with E-state index in [1.807, 2.05) is 0 Å². The van der Waals surface area contributed by atoms with Crippen molar-refractivity contribution in [2.45, 2.75) is 39.3 Å². The highest BCUT2D eigenvalue weighted by Gasteiger charge is 2.09. The van der Waals surface area contributed by atoms with Crippen molar-refractivity contribution >= 4 is 17.5 Å². The molecule has 1 aromatic carbocycles. The van der Waals surface area contributed by atoms with Crippen molar-refractivity contribution in [3.8, 4) is 5.75 Å². The van der Waals surface area contributed by atoms with E-state index in [2.05, 4.69) is 17.3 Å². The van der Waals surface area contributed by atoms with Crippen LogP contribution in [0.4, 0.5) is 4.39 Å². The average Bonchev–Trinajstić information content (AvgIpc) is 3.05. The Labute approximate surface area is 145 Å². The fourth-order valence-corrected chi connectivity index (χ4v) is 2.28. The van der Waals surface area contributed by atoms with Gasteiger partial charge in [-0.15, -0.1) is 0 Å². The van der Waals surface area contributed by atoms with E-state index in [1.54, 1.807) is 12.3 Å². The Balaban J connectivity index is 1.79. The maximum absolute atomic E-state index is 13.1. The second kappa shape index (κ2) is 9.27. The summed E-state index contributed by atoms with van der Waals surface area (Å²) in [6, 6.07) is 5.74. The van der Waals surface area contributed by atoms with Crippen molar-refractivity contribution in [1.29, 1.82) is 0 Å². The molecule has 0 spiro atoms. The lowest BCUT2D eigenvalue weighted by atomic mass is 10.2. The van der Waals surface area contributed by atoms with Crippen LogP contribution in [-0.2, 0) is 6.73 Å². The first-order valence-electron chi connectivity index (χ1n) is 7.99. The third-order valence-electron chi connectivity index (χ3n) is 3.44. The number of carbonyl (C=O) groups excluding carboxylic acids is 1. The highest BCUT2D eigenvalue weighted by Crippen LogP contribution is 2.21. The van der Waals surface area contributed by atoms with E-state index in [9.17, 15) is 9.18 Å². The van der Waals surface area contributed by atoms with Crippen LogP contribution in [0, 0.1) is 5.82 Å². The van der Waals surface area contributed by atoms with Crippen LogP contribution in [0.25, 0.3) is 0 Å². The predicted octanol–water partition coefficient (Wildman–Crippen LogP) is 4.02. The van der Waals surface area contributed by atoms with Crippen molar-refractivity contribution in [2.75, 3.05) is 6.54 Å². The fourth-order valence-electron chi connectivity index (χ4n) is 2.11. The van der Waals surface area contributed by atoms with Gasteiger partial charge in [-0.2, -0.15) is 5.10 Å². The molecular formula is C17H21ClFN3O2. The van der Waals surface area contributed by atoms with Gasteiger partial charge in [-0.25, -0.2) is 9.07 Å². The maximum atomic E-state index is 13.1. The minimum atomic E-state index is -0.499. The summed E-state index contributed by atoms with van der Waals surface area (Å²) in [6.07, 6.45) is 6.07. The van der Waals surface area contributed by atoms with Crippen molar-refractivity contribution in [3.63, 3.8) is 0 Å². The first kappa shape index (κ1) is 18.3. The highest BCUT2D eigenvalue weighted by molar-refractivity contribution is 6.30. The summed E-state index contributed by atoms with van der Waals surface area (Å²) in [7, 11) is 0. The van der Waals surface area contributed by atoms with E-state index in [1.165, 1.54) is 29.3 Å². The van der Waals surface area contributed by atoms with Crippen LogP contribution in [0.1, 0.15) is 43.1 Å². The van der Waals surface area contributed by atoms with Crippen LogP contribution in [-0.4, -0.2) is 22.2 Å². The van der Waals surface area contributed by atoms with Crippen LogP contribution in [0.5, 0.6) is 5.75 Å². The number of rotatable bonds is 9. The third kappa shape index (κ3) is 5.53. The summed E-state index contributed by atoms with van der Waals surface area (Å²) in [6.45, 7) is 2.90. The first-order chi connectivity index (χ1) is 11.6. The van der Waals surface area contributed by atoms with Gasteiger partial charge in [0.2, 0.25) is 0 Å². The zero-order valence-corrected chi connectivity index (χ0v) is 14.4. The number of benzene rings is 1. The maximum Gasteiger partial charge on any atom is 0.271 e. The lowest BCUT2D eigenvalue weighted by Gasteiger charge is -2.07. The molecule has 0 aliphatic heterocycles. The van der Waals surface area contributed by atoms with E-state index >= 15 is 0 Å². The molecule has 0 atom stereocenters. The summed E-state index contributed by atoms with van der Waals surface area (Å²) in [5.41, 5.74) is 0.339. The molecule has 0 saturated carbocycles. The van der Waals surface area contributed by atoms with Crippen molar-refractivity contribution in [3.05, 3.63) is 47.0 Å². The quantitative estimate of drug-likeness (QED) is 0.693. The Morgan fingerprint density at radius 2 is 2.17 bits per heavy atom. The van der Waals surface area contributed by atoms with E-state index in [0.29, 0.717) is 18.0 Å². The second-order valence-electron chi connectivity index (χ2n) is 5.41. The molecular weight excluding hydrogens is 333 g/mol. The normalized spacial score (nSPS) is 10.6. The monoisotopic (exact) mass is 353 g/mol. The smallest absolute Gasteiger partial charge is 0.271 e. The number of nitrogens with zero attached hydrogens (tertiary/aromatic N) is 2. The van der Waals surface area contributed by atoms with Gasteiger partial charge in [0.15, 0.2) is 6.73 Å². The molecule has 0 bridgehead atoms. The lowest BCUT2D eigenvalue weighted by molar-refractivity contribution is 0.0946. The number of hydrogen-bond donors (Lipinski definition) is 1. The van der Waals surface area contributed by atoms with Gasteiger partial charge in [0.05, 0.1) is 5.02 Å². The van der Waals surface area contributed by atoms with Crippen molar-refractivity contribution < 1.29 is 13.9 Å². The molecule has 0 unspecified atom stereocenters. The van der Waals surface area contributed by atoms with Crippen molar-refractivity contribution in [1.82, 2.24) is 15.1 Å². The van der Waals surface area contributed by atoms with Gasteiger partial charge in [0.25, 0.3) is 5.91 Å². The predicted molar refractivity (Wildman–Crippen MR) is 90.7 cm³/mol. The molecule has 0 aliphatic rings. The average molecular weight is 354 g/mol. The van der Waals surface area contributed by atoms with Crippen LogP contribution < -0.4 is 10.1 Å². The standard InChI is InChI=1S/C17H21ClFN3O2/c1-2-3-4-5-9-20-17(23)16-8-10-22(21-16)12-24-13-6-7-15(19)14(18)11-13/h6-8,10-11H,2-5,9,12H2,1H3,(H,20,23). The molecule has 130 valence electrons. The van der Waals surface area contributed by atoms with Gasteiger partial charge in [0, 0.05) is 18.8 Å². The lowest BCUT2D eigenvalue weighted by Crippen LogP contribution is -2.25. The van der Waals surface area contributed by atoms with Gasteiger partial charge in [-0.3, -0.25) is 4.79 Å². The molecule has 2 rings (SSSR count). The molecule has 5 nitrogen and oxygen atoms in total. The number of amides is 1. The van der Waals surface area contributed by atoms with Crippen LogP contribution >= 0.6 is 11.6 Å². The zero-order valence-electron chi connectivity index (χ0n) is 13.6. The molecule has 2 aromatic rings. The molecule has 0 radical (unpaired) electrons. The number of nitrogens with one attached hydrogen (secondary N) is 1. The summed E-state index contributed by atoms with van der Waals surface area (Å²) < 4.78 is 20.0. The molecule has 0 fully saturated rings. The van der Waals surface area contributed by atoms with Crippen LogP contribution in [0.15, 0.2) is 30.5 Å². The third-order valence-corrected chi connectivity index (χ3v) is 3.73. The van der Waals surface area contributed by atoms with Gasteiger partial charge in [-0.1, -0.05) is 37.8 Å². The molecule has 1 N–H and O–H groups in total. The molecule has 7 heteroatoms. The Hall–Kier alpha value is -2.08. The Morgan fingerprint density at radius 1 is 1.33 bits per heavy atom. The fraction of sp³-hybridized carbons (Fsp3) is 0.412. The SMILES string of the molecule is CCCCCCNC(=O)c1ccn(COc2ccc(F)c(Cl)c2)n1. The van der Waals surface area contributed by atoms with Gasteiger partial charge in [-0.05, 0) is 24.6 Å². The molecule has 1 amide bonds. The van der Waals surface area contributed by atoms with E-state index < -0.39 is 5.82 Å².